The second-order valence-electron chi connectivity index (χ2n) is 6.82. The van der Waals surface area contributed by atoms with E-state index in [0.29, 0.717) is 18.3 Å². The van der Waals surface area contributed by atoms with Gasteiger partial charge in [-0.1, -0.05) is 19.9 Å². The first-order valence-electron chi connectivity index (χ1n) is 8.85. The normalized spacial score (nSPS) is 18.5. The van der Waals surface area contributed by atoms with E-state index in [2.05, 4.69) is 24.5 Å². The Kier molecular flexibility index (Phi) is 6.91. The summed E-state index contributed by atoms with van der Waals surface area (Å²) in [5, 5.41) is 6.29. The summed E-state index contributed by atoms with van der Waals surface area (Å²) in [5.74, 6) is 2.13. The molecule has 2 rings (SSSR count). The molecule has 0 radical (unpaired) electrons. The first-order valence-corrected chi connectivity index (χ1v) is 8.85. The molecule has 1 amide bonds. The van der Waals surface area contributed by atoms with E-state index >= 15 is 0 Å². The quantitative estimate of drug-likeness (QED) is 0.767. The Hall–Kier alpha value is -1.75. The number of benzene rings is 1. The minimum Gasteiger partial charge on any atom is -0.493 e. The number of hydrogen-bond donors (Lipinski definition) is 2. The van der Waals surface area contributed by atoms with Crippen molar-refractivity contribution >= 4 is 5.91 Å². The molecule has 1 saturated heterocycles. The van der Waals surface area contributed by atoms with Crippen LogP contribution in [0.5, 0.6) is 11.5 Å². The van der Waals surface area contributed by atoms with Gasteiger partial charge in [-0.2, -0.15) is 0 Å². The first-order chi connectivity index (χ1) is 11.5. The minimum atomic E-state index is -0.0708. The molecule has 2 atom stereocenters. The molecule has 2 unspecified atom stereocenters. The van der Waals surface area contributed by atoms with Crippen LogP contribution in [-0.2, 0) is 4.79 Å². The van der Waals surface area contributed by atoms with E-state index in [9.17, 15) is 4.79 Å². The Bertz CT molecular complexity index is 539. The van der Waals surface area contributed by atoms with Gasteiger partial charge < -0.3 is 20.1 Å². The highest BCUT2D eigenvalue weighted by Gasteiger charge is 2.23. The minimum absolute atomic E-state index is 0.0621. The number of amides is 1. The molecule has 0 saturated carbocycles. The van der Waals surface area contributed by atoms with Crippen LogP contribution in [0.2, 0.25) is 0 Å². The van der Waals surface area contributed by atoms with Crippen LogP contribution < -0.4 is 20.1 Å². The number of rotatable bonds is 8. The molecule has 0 aromatic heterocycles. The second kappa shape index (κ2) is 8.92. The zero-order valence-electron chi connectivity index (χ0n) is 15.2. The van der Waals surface area contributed by atoms with Crippen molar-refractivity contribution in [1.82, 2.24) is 10.6 Å². The lowest BCUT2D eigenvalue weighted by molar-refractivity contribution is -0.123. The molecule has 134 valence electrons. The summed E-state index contributed by atoms with van der Waals surface area (Å²) in [7, 11) is 1.64. The molecule has 24 heavy (non-hydrogen) atoms. The predicted octanol–water partition coefficient (Wildman–Crippen LogP) is 3.05. The van der Waals surface area contributed by atoms with Crippen molar-refractivity contribution in [1.29, 1.82) is 0 Å². The zero-order chi connectivity index (χ0) is 17.5. The lowest BCUT2D eigenvalue weighted by Gasteiger charge is -2.19. The molecule has 1 aliphatic rings. The van der Waals surface area contributed by atoms with Gasteiger partial charge >= 0.3 is 0 Å². The van der Waals surface area contributed by atoms with Crippen LogP contribution in [0.1, 0.15) is 51.6 Å². The number of carbonyl (C=O) groups is 1. The SMILES string of the molecule is COc1cc(C(C)NC(=O)C2CCCN2)ccc1OCCC(C)C. The molecule has 1 aliphatic heterocycles. The Balaban J connectivity index is 1.97. The van der Waals surface area contributed by atoms with E-state index in [4.69, 9.17) is 9.47 Å². The summed E-state index contributed by atoms with van der Waals surface area (Å²) < 4.78 is 11.3. The molecular formula is C19H30N2O3. The number of carbonyl (C=O) groups excluding carboxylic acids is 1. The van der Waals surface area contributed by atoms with Gasteiger partial charge in [0.1, 0.15) is 0 Å². The molecule has 0 spiro atoms. The average Bonchev–Trinajstić information content (AvgIpc) is 3.09. The Morgan fingerprint density at radius 3 is 2.75 bits per heavy atom. The van der Waals surface area contributed by atoms with Gasteiger partial charge in [0, 0.05) is 0 Å². The molecule has 5 nitrogen and oxygen atoms in total. The van der Waals surface area contributed by atoms with Crippen LogP contribution in [0.3, 0.4) is 0 Å². The van der Waals surface area contributed by atoms with E-state index in [0.717, 1.165) is 37.1 Å². The van der Waals surface area contributed by atoms with Crippen molar-refractivity contribution in [3.63, 3.8) is 0 Å². The van der Waals surface area contributed by atoms with Gasteiger partial charge in [0.05, 0.1) is 25.8 Å². The van der Waals surface area contributed by atoms with Crippen LogP contribution >= 0.6 is 0 Å². The molecule has 5 heteroatoms. The largest absolute Gasteiger partial charge is 0.493 e. The van der Waals surface area contributed by atoms with Crippen molar-refractivity contribution in [2.24, 2.45) is 5.92 Å². The molecular weight excluding hydrogens is 304 g/mol. The van der Waals surface area contributed by atoms with Crippen molar-refractivity contribution in [3.8, 4) is 11.5 Å². The summed E-state index contributed by atoms with van der Waals surface area (Å²) in [5.41, 5.74) is 1.01. The van der Waals surface area contributed by atoms with E-state index in [1.165, 1.54) is 0 Å². The highest BCUT2D eigenvalue weighted by atomic mass is 16.5. The summed E-state index contributed by atoms with van der Waals surface area (Å²) in [4.78, 5) is 12.2. The standard InChI is InChI=1S/C19H30N2O3/c1-13(2)9-11-24-17-8-7-15(12-18(17)23-4)14(3)21-19(22)16-6-5-10-20-16/h7-8,12-14,16,20H,5-6,9-11H2,1-4H3,(H,21,22). The summed E-state index contributed by atoms with van der Waals surface area (Å²) in [6, 6.07) is 5.72. The monoisotopic (exact) mass is 334 g/mol. The third kappa shape index (κ3) is 5.13. The van der Waals surface area contributed by atoms with Crippen molar-refractivity contribution in [2.75, 3.05) is 20.3 Å². The van der Waals surface area contributed by atoms with Gasteiger partial charge in [-0.25, -0.2) is 0 Å². The lowest BCUT2D eigenvalue weighted by Crippen LogP contribution is -2.41. The predicted molar refractivity (Wildman–Crippen MR) is 95.5 cm³/mol. The van der Waals surface area contributed by atoms with Gasteiger partial charge in [0.15, 0.2) is 11.5 Å². The molecule has 1 fully saturated rings. The molecule has 1 aromatic rings. The van der Waals surface area contributed by atoms with Crippen molar-refractivity contribution in [3.05, 3.63) is 23.8 Å². The van der Waals surface area contributed by atoms with Gasteiger partial charge in [-0.15, -0.1) is 0 Å². The third-order valence-electron chi connectivity index (χ3n) is 4.38. The topological polar surface area (TPSA) is 59.6 Å². The van der Waals surface area contributed by atoms with Crippen LogP contribution in [0.25, 0.3) is 0 Å². The van der Waals surface area contributed by atoms with E-state index < -0.39 is 0 Å². The zero-order valence-corrected chi connectivity index (χ0v) is 15.2. The van der Waals surface area contributed by atoms with E-state index in [-0.39, 0.29) is 18.0 Å². The molecule has 2 N–H and O–H groups in total. The van der Waals surface area contributed by atoms with Crippen LogP contribution in [-0.4, -0.2) is 32.2 Å². The van der Waals surface area contributed by atoms with E-state index in [1.807, 2.05) is 25.1 Å². The van der Waals surface area contributed by atoms with Crippen LogP contribution in [0, 0.1) is 5.92 Å². The summed E-state index contributed by atoms with van der Waals surface area (Å²) in [6.07, 6.45) is 2.97. The maximum atomic E-state index is 12.2. The first kappa shape index (κ1) is 18.6. The maximum Gasteiger partial charge on any atom is 0.237 e. The highest BCUT2D eigenvalue weighted by Crippen LogP contribution is 2.30. The van der Waals surface area contributed by atoms with Gasteiger partial charge in [0.25, 0.3) is 0 Å². The maximum absolute atomic E-state index is 12.2. The average molecular weight is 334 g/mol. The van der Waals surface area contributed by atoms with Gasteiger partial charge in [0.2, 0.25) is 5.91 Å². The van der Waals surface area contributed by atoms with E-state index in [1.54, 1.807) is 7.11 Å². The molecule has 0 aliphatic carbocycles. The fourth-order valence-corrected chi connectivity index (χ4v) is 2.78. The Morgan fingerprint density at radius 2 is 2.12 bits per heavy atom. The Labute approximate surface area is 145 Å². The fourth-order valence-electron chi connectivity index (χ4n) is 2.78. The number of nitrogens with one attached hydrogen (secondary N) is 2. The van der Waals surface area contributed by atoms with Gasteiger partial charge in [-0.3, -0.25) is 4.79 Å². The highest BCUT2D eigenvalue weighted by molar-refractivity contribution is 5.82. The third-order valence-corrected chi connectivity index (χ3v) is 4.38. The summed E-state index contributed by atoms with van der Waals surface area (Å²) in [6.45, 7) is 7.93. The van der Waals surface area contributed by atoms with Crippen molar-refractivity contribution in [2.45, 2.75) is 52.1 Å². The molecule has 1 aromatic carbocycles. The summed E-state index contributed by atoms with van der Waals surface area (Å²) >= 11 is 0. The number of hydrogen-bond acceptors (Lipinski definition) is 4. The smallest absolute Gasteiger partial charge is 0.237 e. The number of methoxy groups -OCH3 is 1. The second-order valence-corrected chi connectivity index (χ2v) is 6.82. The fraction of sp³-hybridized carbons (Fsp3) is 0.632. The van der Waals surface area contributed by atoms with Crippen LogP contribution in [0.4, 0.5) is 0 Å². The van der Waals surface area contributed by atoms with Crippen LogP contribution in [0.15, 0.2) is 18.2 Å². The lowest BCUT2D eigenvalue weighted by atomic mass is 10.1. The number of ether oxygens (including phenoxy) is 2. The van der Waals surface area contributed by atoms with Gasteiger partial charge in [-0.05, 0) is 56.3 Å². The molecule has 1 heterocycles. The molecule has 0 bridgehead atoms. The Morgan fingerprint density at radius 1 is 1.33 bits per heavy atom. The van der Waals surface area contributed by atoms with Crippen molar-refractivity contribution < 1.29 is 14.3 Å².